The average Bonchev–Trinajstić information content (AvgIpc) is 2.70. The molecule has 0 aliphatic heterocycles. The van der Waals surface area contributed by atoms with E-state index in [1.165, 1.54) is 17.4 Å². The predicted molar refractivity (Wildman–Crippen MR) is 83.7 cm³/mol. The van der Waals surface area contributed by atoms with Crippen LogP contribution < -0.4 is 5.32 Å². The largest absolute Gasteiger partial charge is 0.306 e. The van der Waals surface area contributed by atoms with E-state index < -0.39 is 0 Å². The van der Waals surface area contributed by atoms with Crippen molar-refractivity contribution in [1.29, 1.82) is 0 Å². The van der Waals surface area contributed by atoms with Crippen molar-refractivity contribution in [3.8, 4) is 0 Å². The van der Waals surface area contributed by atoms with Gasteiger partial charge in [0.2, 0.25) is 0 Å². The summed E-state index contributed by atoms with van der Waals surface area (Å²) in [6, 6.07) is 6.74. The molecule has 0 bridgehead atoms. The second-order valence-corrected chi connectivity index (χ2v) is 6.80. The lowest BCUT2D eigenvalue weighted by molar-refractivity contribution is 0.605. The highest BCUT2D eigenvalue weighted by molar-refractivity contribution is 9.10. The lowest BCUT2D eigenvalue weighted by Gasteiger charge is -2.18. The maximum Gasteiger partial charge on any atom is 0.123 e. The number of hydrogen-bond acceptors (Lipinski definition) is 2. The van der Waals surface area contributed by atoms with Crippen LogP contribution in [0.2, 0.25) is 4.34 Å². The monoisotopic (exact) mass is 361 g/mol. The molecule has 5 heteroatoms. The zero-order valence-electron chi connectivity index (χ0n) is 10.6. The van der Waals surface area contributed by atoms with E-state index in [2.05, 4.69) is 27.3 Å². The van der Waals surface area contributed by atoms with Crippen molar-refractivity contribution in [1.82, 2.24) is 5.32 Å². The van der Waals surface area contributed by atoms with E-state index in [-0.39, 0.29) is 11.9 Å². The molecule has 0 spiro atoms. The summed E-state index contributed by atoms with van der Waals surface area (Å²) < 4.78 is 15.2. The van der Waals surface area contributed by atoms with Crippen LogP contribution >= 0.6 is 38.9 Å². The molecule has 1 aromatic heterocycles. The van der Waals surface area contributed by atoms with Gasteiger partial charge in [0, 0.05) is 9.35 Å². The van der Waals surface area contributed by atoms with Crippen LogP contribution in [-0.4, -0.2) is 6.54 Å². The van der Waals surface area contributed by atoms with Crippen molar-refractivity contribution in [2.24, 2.45) is 0 Å². The predicted octanol–water partition coefficient (Wildman–Crippen LogP) is 5.31. The molecule has 1 heterocycles. The second kappa shape index (κ2) is 6.35. The molecule has 0 saturated carbocycles. The molecule has 1 unspecified atom stereocenters. The molecule has 102 valence electrons. The van der Waals surface area contributed by atoms with Gasteiger partial charge >= 0.3 is 0 Å². The van der Waals surface area contributed by atoms with Gasteiger partial charge in [-0.2, -0.15) is 0 Å². The number of rotatable bonds is 4. The molecule has 19 heavy (non-hydrogen) atoms. The minimum atomic E-state index is -0.236. The fourth-order valence-electron chi connectivity index (χ4n) is 1.93. The summed E-state index contributed by atoms with van der Waals surface area (Å²) in [7, 11) is 0. The fourth-order valence-corrected chi connectivity index (χ4v) is 3.72. The molecule has 1 atom stereocenters. The molecule has 0 aliphatic carbocycles. The van der Waals surface area contributed by atoms with Crippen molar-refractivity contribution in [2.45, 2.75) is 19.9 Å². The Balaban J connectivity index is 2.47. The third-order valence-electron chi connectivity index (χ3n) is 2.84. The van der Waals surface area contributed by atoms with E-state index in [4.69, 9.17) is 11.6 Å². The first-order valence-corrected chi connectivity index (χ1v) is 7.95. The first-order chi connectivity index (χ1) is 9.02. The summed E-state index contributed by atoms with van der Waals surface area (Å²) in [5.41, 5.74) is 1.94. The topological polar surface area (TPSA) is 12.0 Å². The SMILES string of the molecule is CCNC(c1cc(C)c(Cl)s1)c1cc(F)ccc1Br. The molecule has 2 aromatic rings. The summed E-state index contributed by atoms with van der Waals surface area (Å²) in [6.45, 7) is 4.80. The number of aryl methyl sites for hydroxylation is 1. The van der Waals surface area contributed by atoms with Crippen molar-refractivity contribution in [3.63, 3.8) is 0 Å². The average molecular weight is 363 g/mol. The number of thiophene rings is 1. The second-order valence-electron chi connectivity index (χ2n) is 4.26. The Morgan fingerprint density at radius 3 is 2.74 bits per heavy atom. The molecule has 0 amide bonds. The van der Waals surface area contributed by atoms with Gasteiger partial charge in [-0.25, -0.2) is 4.39 Å². The van der Waals surface area contributed by atoms with E-state index in [1.54, 1.807) is 12.1 Å². The molecule has 0 fully saturated rings. The number of halogens is 3. The Kier molecular flexibility index (Phi) is 5.01. The van der Waals surface area contributed by atoms with Gasteiger partial charge in [0.15, 0.2) is 0 Å². The molecule has 0 saturated heterocycles. The van der Waals surface area contributed by atoms with E-state index >= 15 is 0 Å². The zero-order valence-corrected chi connectivity index (χ0v) is 13.8. The van der Waals surface area contributed by atoms with Crippen molar-refractivity contribution >= 4 is 38.9 Å². The van der Waals surface area contributed by atoms with E-state index in [0.29, 0.717) is 0 Å². The maximum atomic E-state index is 13.5. The highest BCUT2D eigenvalue weighted by Gasteiger charge is 2.19. The molecule has 0 aliphatic rings. The minimum absolute atomic E-state index is 0.0497. The maximum absolute atomic E-state index is 13.5. The van der Waals surface area contributed by atoms with E-state index in [0.717, 1.165) is 31.4 Å². The Hall–Kier alpha value is -0.420. The molecule has 1 N–H and O–H groups in total. The zero-order chi connectivity index (χ0) is 14.0. The summed E-state index contributed by atoms with van der Waals surface area (Å²) >= 11 is 11.2. The first kappa shape index (κ1) is 15.0. The summed E-state index contributed by atoms with van der Waals surface area (Å²) in [5, 5.41) is 3.38. The standard InChI is InChI=1S/C14H14BrClFNS/c1-3-18-13(12-6-8(2)14(16)19-12)10-7-9(17)4-5-11(10)15/h4-7,13,18H,3H2,1-2H3. The van der Waals surface area contributed by atoms with Gasteiger partial charge in [-0.05, 0) is 48.9 Å². The Labute approximate surface area is 129 Å². The molecular formula is C14H14BrClFNS. The van der Waals surface area contributed by atoms with Gasteiger partial charge in [0.05, 0.1) is 10.4 Å². The normalized spacial score (nSPS) is 12.7. The van der Waals surface area contributed by atoms with E-state index in [9.17, 15) is 4.39 Å². The quantitative estimate of drug-likeness (QED) is 0.777. The number of nitrogens with one attached hydrogen (secondary N) is 1. The van der Waals surface area contributed by atoms with Crippen LogP contribution in [0.25, 0.3) is 0 Å². The third-order valence-corrected chi connectivity index (χ3v) is 5.18. The molecular weight excluding hydrogens is 349 g/mol. The van der Waals surface area contributed by atoms with Gasteiger partial charge in [0.25, 0.3) is 0 Å². The van der Waals surface area contributed by atoms with Crippen LogP contribution in [0.3, 0.4) is 0 Å². The Morgan fingerprint density at radius 2 is 2.16 bits per heavy atom. The van der Waals surface area contributed by atoms with Crippen molar-refractivity contribution < 1.29 is 4.39 Å². The van der Waals surface area contributed by atoms with Crippen LogP contribution in [0, 0.1) is 12.7 Å². The van der Waals surface area contributed by atoms with Crippen molar-refractivity contribution in [2.75, 3.05) is 6.54 Å². The van der Waals surface area contributed by atoms with Gasteiger partial charge in [-0.15, -0.1) is 11.3 Å². The Bertz CT molecular complexity index is 565. The van der Waals surface area contributed by atoms with Crippen LogP contribution in [0.15, 0.2) is 28.7 Å². The van der Waals surface area contributed by atoms with Crippen molar-refractivity contribution in [3.05, 3.63) is 54.9 Å². The molecule has 1 nitrogen and oxygen atoms in total. The smallest absolute Gasteiger partial charge is 0.123 e. The fraction of sp³-hybridized carbons (Fsp3) is 0.286. The van der Waals surface area contributed by atoms with Crippen LogP contribution in [-0.2, 0) is 0 Å². The third kappa shape index (κ3) is 3.37. The summed E-state index contributed by atoms with van der Waals surface area (Å²) in [4.78, 5) is 1.09. The molecule has 1 aromatic carbocycles. The highest BCUT2D eigenvalue weighted by Crippen LogP contribution is 2.36. The molecule has 2 rings (SSSR count). The van der Waals surface area contributed by atoms with Gasteiger partial charge in [-0.3, -0.25) is 0 Å². The lowest BCUT2D eigenvalue weighted by atomic mass is 10.0. The van der Waals surface area contributed by atoms with Crippen LogP contribution in [0.4, 0.5) is 4.39 Å². The van der Waals surface area contributed by atoms with Gasteiger partial charge in [-0.1, -0.05) is 34.5 Å². The first-order valence-electron chi connectivity index (χ1n) is 5.97. The highest BCUT2D eigenvalue weighted by atomic mass is 79.9. The van der Waals surface area contributed by atoms with E-state index in [1.807, 2.05) is 13.8 Å². The van der Waals surface area contributed by atoms with Crippen LogP contribution in [0.5, 0.6) is 0 Å². The summed E-state index contributed by atoms with van der Waals surface area (Å²) in [5.74, 6) is -0.236. The Morgan fingerprint density at radius 1 is 1.42 bits per heavy atom. The molecule has 0 radical (unpaired) electrons. The number of hydrogen-bond donors (Lipinski definition) is 1. The van der Waals surface area contributed by atoms with Gasteiger partial charge in [0.1, 0.15) is 5.82 Å². The van der Waals surface area contributed by atoms with Crippen LogP contribution in [0.1, 0.15) is 29.0 Å². The van der Waals surface area contributed by atoms with Gasteiger partial charge < -0.3 is 5.32 Å². The number of benzene rings is 1. The summed E-state index contributed by atoms with van der Waals surface area (Å²) in [6.07, 6.45) is 0. The minimum Gasteiger partial charge on any atom is -0.306 e. The lowest BCUT2D eigenvalue weighted by Crippen LogP contribution is -2.21.